The third-order valence-corrected chi connectivity index (χ3v) is 1.97. The lowest BCUT2D eigenvalue weighted by atomic mass is 10.1. The van der Waals surface area contributed by atoms with Gasteiger partial charge < -0.3 is 0 Å². The number of alkyl halides is 3. The number of hydrogen-bond donors (Lipinski definition) is 0. The normalized spacial score (nSPS) is 11.0. The van der Waals surface area contributed by atoms with Crippen LogP contribution in [0.4, 0.5) is 18.9 Å². The summed E-state index contributed by atoms with van der Waals surface area (Å²) < 4.78 is 37.0. The molecule has 0 saturated carbocycles. The number of halogens is 3. The topological polar surface area (TPSA) is 60.2 Å². The molecule has 17 heavy (non-hydrogen) atoms. The molecule has 1 aromatic carbocycles. The van der Waals surface area contributed by atoms with Crippen molar-refractivity contribution in [2.75, 3.05) is 0 Å². The van der Waals surface area contributed by atoms with Crippen LogP contribution in [0.5, 0.6) is 0 Å². The molecule has 0 unspecified atom stereocenters. The third kappa shape index (κ3) is 2.68. The van der Waals surface area contributed by atoms with Gasteiger partial charge in [0.25, 0.3) is 5.69 Å². The molecule has 0 aliphatic rings. The van der Waals surface area contributed by atoms with Crippen LogP contribution in [0.2, 0.25) is 0 Å². The first-order chi connectivity index (χ1) is 7.77. The first kappa shape index (κ1) is 12.9. The predicted octanol–water partition coefficient (Wildman–Crippen LogP) is 2.98. The largest absolute Gasteiger partial charge is 0.416 e. The van der Waals surface area contributed by atoms with Crippen LogP contribution in [0.25, 0.3) is 0 Å². The molecule has 1 aromatic rings. The molecule has 0 N–H and O–H groups in total. The van der Waals surface area contributed by atoms with E-state index in [1.165, 1.54) is 0 Å². The van der Waals surface area contributed by atoms with Crippen LogP contribution in [0.15, 0.2) is 30.9 Å². The number of carbonyl (C=O) groups is 1. The van der Waals surface area contributed by atoms with Crippen molar-refractivity contribution in [2.24, 2.45) is 0 Å². The number of nitro benzene ring substituents is 1. The van der Waals surface area contributed by atoms with Crippen molar-refractivity contribution >= 4 is 11.5 Å². The van der Waals surface area contributed by atoms with E-state index >= 15 is 0 Å². The molecule has 0 heterocycles. The van der Waals surface area contributed by atoms with E-state index in [-0.39, 0.29) is 0 Å². The van der Waals surface area contributed by atoms with Gasteiger partial charge in [0.2, 0.25) is 0 Å². The number of allylic oxidation sites excluding steroid dienone is 1. The maximum Gasteiger partial charge on any atom is 0.416 e. The highest BCUT2D eigenvalue weighted by Crippen LogP contribution is 2.33. The highest BCUT2D eigenvalue weighted by Gasteiger charge is 2.33. The summed E-state index contributed by atoms with van der Waals surface area (Å²) >= 11 is 0. The van der Waals surface area contributed by atoms with Gasteiger partial charge in [-0.05, 0) is 18.2 Å². The van der Waals surface area contributed by atoms with Crippen molar-refractivity contribution in [3.8, 4) is 0 Å². The maximum absolute atomic E-state index is 12.3. The van der Waals surface area contributed by atoms with Gasteiger partial charge in [0.05, 0.1) is 16.1 Å². The van der Waals surface area contributed by atoms with Gasteiger partial charge >= 0.3 is 6.18 Å². The fourth-order valence-corrected chi connectivity index (χ4v) is 1.18. The second-order valence-corrected chi connectivity index (χ2v) is 3.06. The monoisotopic (exact) mass is 245 g/mol. The lowest BCUT2D eigenvalue weighted by Crippen LogP contribution is -2.08. The summed E-state index contributed by atoms with van der Waals surface area (Å²) in [6, 6.07) is 1.71. The standard InChI is InChI=1S/C10H6F3NO3/c1-2-9(15)7-4-3-6(10(11,12)13)5-8(7)14(16)17/h2-5H,1H2. The Morgan fingerprint density at radius 1 is 1.41 bits per heavy atom. The lowest BCUT2D eigenvalue weighted by molar-refractivity contribution is -0.385. The summed E-state index contributed by atoms with van der Waals surface area (Å²) in [5.41, 5.74) is -2.48. The van der Waals surface area contributed by atoms with Gasteiger partial charge in [0, 0.05) is 6.07 Å². The quantitative estimate of drug-likeness (QED) is 0.356. The zero-order chi connectivity index (χ0) is 13.2. The van der Waals surface area contributed by atoms with Crippen LogP contribution < -0.4 is 0 Å². The van der Waals surface area contributed by atoms with Gasteiger partial charge in [-0.2, -0.15) is 13.2 Å². The zero-order valence-corrected chi connectivity index (χ0v) is 8.32. The van der Waals surface area contributed by atoms with Gasteiger partial charge in [0.15, 0.2) is 5.78 Å². The van der Waals surface area contributed by atoms with E-state index in [0.29, 0.717) is 12.1 Å². The van der Waals surface area contributed by atoms with Gasteiger partial charge in [0.1, 0.15) is 0 Å². The minimum Gasteiger partial charge on any atom is -0.289 e. The van der Waals surface area contributed by atoms with Crippen molar-refractivity contribution in [2.45, 2.75) is 6.18 Å². The second-order valence-electron chi connectivity index (χ2n) is 3.06. The Bertz CT molecular complexity index is 494. The van der Waals surface area contributed by atoms with E-state index in [4.69, 9.17) is 0 Å². The zero-order valence-electron chi connectivity index (χ0n) is 8.32. The van der Waals surface area contributed by atoms with Crippen LogP contribution in [-0.2, 0) is 6.18 Å². The summed E-state index contributed by atoms with van der Waals surface area (Å²) in [7, 11) is 0. The molecule has 0 aromatic heterocycles. The number of nitro groups is 1. The van der Waals surface area contributed by atoms with Crippen LogP contribution in [0, 0.1) is 10.1 Å². The Labute approximate surface area is 93.5 Å². The van der Waals surface area contributed by atoms with Crippen molar-refractivity contribution in [3.63, 3.8) is 0 Å². The molecular formula is C10H6F3NO3. The lowest BCUT2D eigenvalue weighted by Gasteiger charge is -2.07. The van der Waals surface area contributed by atoms with Crippen LogP contribution >= 0.6 is 0 Å². The summed E-state index contributed by atoms with van der Waals surface area (Å²) in [5, 5.41) is 10.6. The molecule has 0 aliphatic heterocycles. The van der Waals surface area contributed by atoms with Crippen molar-refractivity contribution in [1.29, 1.82) is 0 Å². The molecule has 0 radical (unpaired) electrons. The molecule has 0 aliphatic carbocycles. The smallest absolute Gasteiger partial charge is 0.289 e. The van der Waals surface area contributed by atoms with Gasteiger partial charge in [-0.3, -0.25) is 14.9 Å². The number of rotatable bonds is 3. The molecule has 7 heteroatoms. The Morgan fingerprint density at radius 2 is 2.00 bits per heavy atom. The Morgan fingerprint density at radius 3 is 2.41 bits per heavy atom. The summed E-state index contributed by atoms with van der Waals surface area (Å²) in [6.45, 7) is 3.11. The summed E-state index contributed by atoms with van der Waals surface area (Å²) in [5.74, 6) is -0.801. The molecular weight excluding hydrogens is 239 g/mol. The average Bonchev–Trinajstić information content (AvgIpc) is 2.25. The number of carbonyl (C=O) groups excluding carboxylic acids is 1. The Kier molecular flexibility index (Phi) is 3.31. The van der Waals surface area contributed by atoms with E-state index in [1.54, 1.807) is 0 Å². The Hall–Kier alpha value is -2.18. The molecule has 0 amide bonds. The fraction of sp³-hybridized carbons (Fsp3) is 0.100. The van der Waals surface area contributed by atoms with E-state index in [9.17, 15) is 28.1 Å². The SMILES string of the molecule is C=CC(=O)c1ccc(C(F)(F)F)cc1[N+](=O)[O-]. The number of nitrogens with zero attached hydrogens (tertiary/aromatic N) is 1. The molecule has 4 nitrogen and oxygen atoms in total. The summed E-state index contributed by atoms with van der Waals surface area (Å²) in [6.07, 6.45) is -3.89. The minimum atomic E-state index is -4.69. The molecule has 1 rings (SSSR count). The fourth-order valence-electron chi connectivity index (χ4n) is 1.18. The first-order valence-corrected chi connectivity index (χ1v) is 4.29. The second kappa shape index (κ2) is 4.36. The van der Waals surface area contributed by atoms with Crippen LogP contribution in [0.3, 0.4) is 0 Å². The molecule has 0 spiro atoms. The highest BCUT2D eigenvalue weighted by molar-refractivity contribution is 6.07. The van der Waals surface area contributed by atoms with E-state index in [1.807, 2.05) is 0 Å². The van der Waals surface area contributed by atoms with Crippen LogP contribution in [-0.4, -0.2) is 10.7 Å². The van der Waals surface area contributed by atoms with Gasteiger partial charge in [-0.25, -0.2) is 0 Å². The molecule has 90 valence electrons. The van der Waals surface area contributed by atoms with Crippen molar-refractivity contribution in [1.82, 2.24) is 0 Å². The summed E-state index contributed by atoms with van der Waals surface area (Å²) in [4.78, 5) is 20.7. The molecule has 0 fully saturated rings. The van der Waals surface area contributed by atoms with Crippen molar-refractivity contribution < 1.29 is 22.9 Å². The minimum absolute atomic E-state index is 0.330. The van der Waals surface area contributed by atoms with E-state index in [2.05, 4.69) is 6.58 Å². The molecule has 0 bridgehead atoms. The van der Waals surface area contributed by atoms with Gasteiger partial charge in [-0.1, -0.05) is 6.58 Å². The highest BCUT2D eigenvalue weighted by atomic mass is 19.4. The Balaban J connectivity index is 3.42. The molecule has 0 atom stereocenters. The van der Waals surface area contributed by atoms with E-state index in [0.717, 1.165) is 12.1 Å². The van der Waals surface area contributed by atoms with Crippen LogP contribution in [0.1, 0.15) is 15.9 Å². The molecule has 0 saturated heterocycles. The van der Waals surface area contributed by atoms with E-state index < -0.39 is 33.7 Å². The number of hydrogen-bond acceptors (Lipinski definition) is 3. The van der Waals surface area contributed by atoms with Gasteiger partial charge in [-0.15, -0.1) is 0 Å². The predicted molar refractivity (Wildman–Crippen MR) is 52.6 cm³/mol. The number of ketones is 1. The average molecular weight is 245 g/mol. The maximum atomic E-state index is 12.3. The third-order valence-electron chi connectivity index (χ3n) is 1.97. The first-order valence-electron chi connectivity index (χ1n) is 4.29. The number of benzene rings is 1. The van der Waals surface area contributed by atoms with Crippen molar-refractivity contribution in [3.05, 3.63) is 52.1 Å².